The maximum absolute atomic E-state index is 5.98. The van der Waals surface area contributed by atoms with E-state index >= 15 is 0 Å². The summed E-state index contributed by atoms with van der Waals surface area (Å²) >= 11 is 2.38. The van der Waals surface area contributed by atoms with Crippen LogP contribution in [0.4, 0.5) is 0 Å². The third-order valence-corrected chi connectivity index (χ3v) is 3.87. The van der Waals surface area contributed by atoms with Gasteiger partial charge in [-0.15, -0.1) is 0 Å². The van der Waals surface area contributed by atoms with E-state index in [4.69, 9.17) is 9.47 Å². The van der Waals surface area contributed by atoms with E-state index in [9.17, 15) is 0 Å². The zero-order valence-corrected chi connectivity index (χ0v) is 12.1. The lowest BCUT2D eigenvalue weighted by atomic mass is 10.1. The summed E-state index contributed by atoms with van der Waals surface area (Å²) in [7, 11) is 0. The Hall–Kier alpha value is -0.130. The third kappa shape index (κ3) is 4.23. The van der Waals surface area contributed by atoms with E-state index in [0.717, 1.165) is 24.1 Å². The molecule has 0 saturated carbocycles. The van der Waals surface area contributed by atoms with Crippen LogP contribution >= 0.6 is 22.6 Å². The fraction of sp³-hybridized carbons (Fsp3) is 0.571. The number of benzene rings is 1. The van der Waals surface area contributed by atoms with E-state index in [2.05, 4.69) is 46.9 Å². The number of rotatable bonds is 5. The molecule has 1 aliphatic rings. The van der Waals surface area contributed by atoms with E-state index in [-0.39, 0.29) is 6.10 Å². The van der Waals surface area contributed by atoms with Crippen LogP contribution in [0.25, 0.3) is 0 Å². The van der Waals surface area contributed by atoms with Gasteiger partial charge in [0, 0.05) is 11.0 Å². The van der Waals surface area contributed by atoms with Gasteiger partial charge in [0.1, 0.15) is 0 Å². The Morgan fingerprint density at radius 3 is 2.76 bits per heavy atom. The molecule has 0 radical (unpaired) electrons. The highest BCUT2D eigenvalue weighted by Crippen LogP contribution is 2.22. The van der Waals surface area contributed by atoms with Crippen molar-refractivity contribution in [3.8, 4) is 0 Å². The molecule has 0 amide bonds. The molecule has 0 bridgehead atoms. The van der Waals surface area contributed by atoms with Gasteiger partial charge in [-0.3, -0.25) is 0 Å². The first-order valence-electron chi connectivity index (χ1n) is 6.24. The van der Waals surface area contributed by atoms with Crippen LogP contribution in [-0.4, -0.2) is 23.7 Å². The molecule has 1 aliphatic heterocycles. The number of hydrogen-bond donors (Lipinski definition) is 0. The van der Waals surface area contributed by atoms with Crippen LogP contribution in [-0.2, 0) is 9.47 Å². The normalized spacial score (nSPS) is 22.3. The van der Waals surface area contributed by atoms with Crippen LogP contribution in [0.5, 0.6) is 0 Å². The number of ether oxygens (including phenoxy) is 2. The van der Waals surface area contributed by atoms with Crippen molar-refractivity contribution in [2.24, 2.45) is 0 Å². The Balaban J connectivity index is 1.83. The lowest BCUT2D eigenvalue weighted by molar-refractivity contribution is -0.0582. The van der Waals surface area contributed by atoms with Gasteiger partial charge in [0.25, 0.3) is 0 Å². The lowest BCUT2D eigenvalue weighted by Crippen LogP contribution is -2.25. The summed E-state index contributed by atoms with van der Waals surface area (Å²) in [5.41, 5.74) is 1.26. The molecule has 2 atom stereocenters. The number of halogens is 1. The fourth-order valence-electron chi connectivity index (χ4n) is 2.06. The quantitative estimate of drug-likeness (QED) is 0.597. The van der Waals surface area contributed by atoms with Gasteiger partial charge in [0.2, 0.25) is 0 Å². The Kier molecular flexibility index (Phi) is 5.74. The van der Waals surface area contributed by atoms with Gasteiger partial charge in [0.05, 0.1) is 18.8 Å². The van der Waals surface area contributed by atoms with E-state index < -0.39 is 0 Å². The van der Waals surface area contributed by atoms with Crippen molar-refractivity contribution in [3.05, 3.63) is 35.9 Å². The van der Waals surface area contributed by atoms with Crippen LogP contribution in [0.3, 0.4) is 0 Å². The molecule has 1 aromatic rings. The van der Waals surface area contributed by atoms with Gasteiger partial charge in [-0.25, -0.2) is 0 Å². The van der Waals surface area contributed by atoms with E-state index in [1.54, 1.807) is 0 Å². The molecule has 1 saturated heterocycles. The maximum atomic E-state index is 5.98. The van der Waals surface area contributed by atoms with E-state index in [1.165, 1.54) is 18.4 Å². The highest BCUT2D eigenvalue weighted by Gasteiger charge is 2.17. The van der Waals surface area contributed by atoms with Gasteiger partial charge < -0.3 is 9.47 Å². The second-order valence-corrected chi connectivity index (χ2v) is 5.26. The minimum absolute atomic E-state index is 0.197. The molecule has 0 N–H and O–H groups in total. The van der Waals surface area contributed by atoms with Gasteiger partial charge in [-0.1, -0.05) is 52.9 Å². The average molecular weight is 346 g/mol. The Morgan fingerprint density at radius 1 is 1.29 bits per heavy atom. The summed E-state index contributed by atoms with van der Waals surface area (Å²) in [6, 6.07) is 10.4. The van der Waals surface area contributed by atoms with E-state index in [1.807, 2.05) is 6.07 Å². The summed E-state index contributed by atoms with van der Waals surface area (Å²) < 4.78 is 12.6. The molecular formula is C14H19IO2. The van der Waals surface area contributed by atoms with Crippen LogP contribution in [0.1, 0.15) is 30.9 Å². The summed E-state index contributed by atoms with van der Waals surface area (Å²) in [6.07, 6.45) is 4.11. The lowest BCUT2D eigenvalue weighted by Gasteiger charge is -2.25. The second kappa shape index (κ2) is 7.34. The highest BCUT2D eigenvalue weighted by molar-refractivity contribution is 14.1. The largest absolute Gasteiger partial charge is 0.376 e. The van der Waals surface area contributed by atoms with Gasteiger partial charge >= 0.3 is 0 Å². The first kappa shape index (κ1) is 13.3. The van der Waals surface area contributed by atoms with Crippen molar-refractivity contribution in [1.29, 1.82) is 0 Å². The molecule has 1 heterocycles. The molecule has 2 rings (SSSR count). The van der Waals surface area contributed by atoms with Crippen molar-refractivity contribution in [3.63, 3.8) is 0 Å². The summed E-state index contributed by atoms with van der Waals surface area (Å²) in [6.45, 7) is 1.62. The molecule has 0 aliphatic carbocycles. The van der Waals surface area contributed by atoms with Gasteiger partial charge in [-0.05, 0) is 24.8 Å². The molecule has 17 heavy (non-hydrogen) atoms. The van der Waals surface area contributed by atoms with Crippen LogP contribution in [0.2, 0.25) is 0 Å². The van der Waals surface area contributed by atoms with Crippen molar-refractivity contribution >= 4 is 22.6 Å². The predicted molar refractivity (Wildman–Crippen MR) is 77.6 cm³/mol. The molecule has 2 unspecified atom stereocenters. The minimum Gasteiger partial charge on any atom is -0.376 e. The van der Waals surface area contributed by atoms with E-state index in [0.29, 0.717) is 6.10 Å². The van der Waals surface area contributed by atoms with Crippen LogP contribution in [0, 0.1) is 0 Å². The average Bonchev–Trinajstić information content (AvgIpc) is 2.42. The molecule has 1 fully saturated rings. The van der Waals surface area contributed by atoms with Crippen molar-refractivity contribution < 1.29 is 9.47 Å². The Morgan fingerprint density at radius 2 is 2.12 bits per heavy atom. The maximum Gasteiger partial charge on any atom is 0.0915 e. The zero-order chi connectivity index (χ0) is 11.9. The SMILES string of the molecule is ICC(OCC1CCCCO1)c1ccccc1. The van der Waals surface area contributed by atoms with Crippen molar-refractivity contribution in [2.75, 3.05) is 17.6 Å². The summed E-state index contributed by atoms with van der Waals surface area (Å²) in [5, 5.41) is 0. The van der Waals surface area contributed by atoms with Crippen LogP contribution in [0.15, 0.2) is 30.3 Å². The third-order valence-electron chi connectivity index (χ3n) is 3.07. The molecule has 1 aromatic carbocycles. The Bertz CT molecular complexity index is 309. The molecule has 0 aromatic heterocycles. The molecule has 2 nitrogen and oxygen atoms in total. The van der Waals surface area contributed by atoms with Crippen LogP contribution < -0.4 is 0 Å². The topological polar surface area (TPSA) is 18.5 Å². The molecular weight excluding hydrogens is 327 g/mol. The van der Waals surface area contributed by atoms with Gasteiger partial charge in [0.15, 0.2) is 0 Å². The monoisotopic (exact) mass is 346 g/mol. The smallest absolute Gasteiger partial charge is 0.0915 e. The predicted octanol–water partition coefficient (Wildman–Crippen LogP) is 3.75. The zero-order valence-electron chi connectivity index (χ0n) is 9.98. The number of hydrogen-bond acceptors (Lipinski definition) is 2. The number of alkyl halides is 1. The fourth-order valence-corrected chi connectivity index (χ4v) is 2.82. The summed E-state index contributed by atoms with van der Waals surface area (Å²) in [4.78, 5) is 0. The van der Waals surface area contributed by atoms with Gasteiger partial charge in [-0.2, -0.15) is 0 Å². The molecule has 0 spiro atoms. The standard InChI is InChI=1S/C14H19IO2/c15-10-14(12-6-2-1-3-7-12)17-11-13-8-4-5-9-16-13/h1-3,6-7,13-14H,4-5,8-11H2. The second-order valence-electron chi connectivity index (χ2n) is 4.38. The van der Waals surface area contributed by atoms with Crippen molar-refractivity contribution in [2.45, 2.75) is 31.5 Å². The molecule has 94 valence electrons. The Labute approximate surface area is 117 Å². The highest BCUT2D eigenvalue weighted by atomic mass is 127. The van der Waals surface area contributed by atoms with Crippen molar-refractivity contribution in [1.82, 2.24) is 0 Å². The molecule has 3 heteroatoms. The minimum atomic E-state index is 0.197. The first-order valence-corrected chi connectivity index (χ1v) is 7.77. The first-order chi connectivity index (χ1) is 8.40. The summed E-state index contributed by atoms with van der Waals surface area (Å²) in [5.74, 6) is 0.